The third-order valence-corrected chi connectivity index (χ3v) is 6.30. The van der Waals surface area contributed by atoms with E-state index < -0.39 is 29.5 Å². The summed E-state index contributed by atoms with van der Waals surface area (Å²) < 4.78 is 5.18. The summed E-state index contributed by atoms with van der Waals surface area (Å²) >= 11 is 2.15. The summed E-state index contributed by atoms with van der Waals surface area (Å²) in [5.41, 5.74) is 1.47. The number of imide groups is 1. The summed E-state index contributed by atoms with van der Waals surface area (Å²) in [6.07, 6.45) is 3.29. The van der Waals surface area contributed by atoms with Crippen molar-refractivity contribution in [1.82, 2.24) is 25.9 Å². The van der Waals surface area contributed by atoms with E-state index in [-0.39, 0.29) is 17.5 Å². The summed E-state index contributed by atoms with van der Waals surface area (Å²) in [6.45, 7) is 1.91. The highest BCUT2D eigenvalue weighted by Gasteiger charge is 2.52. The molecule has 1 aromatic heterocycles. The molecule has 2 fully saturated rings. The molecule has 0 aromatic carbocycles. The zero-order valence-corrected chi connectivity index (χ0v) is 16.8. The Bertz CT molecular complexity index is 779. The van der Waals surface area contributed by atoms with Crippen molar-refractivity contribution >= 4 is 52.2 Å². The van der Waals surface area contributed by atoms with E-state index in [0.29, 0.717) is 17.2 Å². The molecule has 11 nitrogen and oxygen atoms in total. The molecule has 1 aliphatic heterocycles. The number of thioether (sulfide) groups is 1. The number of carbonyl (C=O) groups excluding carboxylic acids is 4. The Labute approximate surface area is 168 Å². The van der Waals surface area contributed by atoms with Crippen LogP contribution in [0.3, 0.4) is 0 Å². The summed E-state index contributed by atoms with van der Waals surface area (Å²) in [6, 6.07) is -0.609. The van der Waals surface area contributed by atoms with Gasteiger partial charge in [-0.3, -0.25) is 20.3 Å². The zero-order chi connectivity index (χ0) is 20.1. The van der Waals surface area contributed by atoms with Crippen LogP contribution in [0.1, 0.15) is 39.0 Å². The van der Waals surface area contributed by atoms with Gasteiger partial charge in [0.15, 0.2) is 4.34 Å². The van der Waals surface area contributed by atoms with E-state index in [1.165, 1.54) is 0 Å². The Morgan fingerprint density at radius 2 is 2.04 bits per heavy atom. The lowest BCUT2D eigenvalue weighted by Crippen LogP contribution is -2.51. The Hall–Kier alpha value is -2.41. The van der Waals surface area contributed by atoms with Crippen molar-refractivity contribution < 1.29 is 23.9 Å². The fourth-order valence-corrected chi connectivity index (χ4v) is 4.60. The lowest BCUT2D eigenvalue weighted by molar-refractivity contribution is -0.139. The highest BCUT2D eigenvalue weighted by atomic mass is 32.2. The molecule has 5 amide bonds. The number of hydrogen-bond donors (Lipinski definition) is 3. The Morgan fingerprint density at radius 1 is 1.29 bits per heavy atom. The van der Waals surface area contributed by atoms with Crippen LogP contribution in [0.25, 0.3) is 0 Å². The maximum atomic E-state index is 12.6. The highest BCUT2D eigenvalue weighted by molar-refractivity contribution is 8.01. The quantitative estimate of drug-likeness (QED) is 0.351. The van der Waals surface area contributed by atoms with Crippen LogP contribution >= 0.6 is 23.1 Å². The third kappa shape index (κ3) is 4.52. The van der Waals surface area contributed by atoms with E-state index in [1.54, 1.807) is 6.92 Å². The lowest BCUT2D eigenvalue weighted by Gasteiger charge is -2.30. The number of hydrazine groups is 1. The Kier molecular flexibility index (Phi) is 6.34. The van der Waals surface area contributed by atoms with E-state index in [9.17, 15) is 19.2 Å². The maximum absolute atomic E-state index is 12.6. The Morgan fingerprint density at radius 3 is 2.75 bits per heavy atom. The Balaban J connectivity index is 1.49. The van der Waals surface area contributed by atoms with Crippen molar-refractivity contribution in [1.29, 1.82) is 0 Å². The standard InChI is InChI=1S/C15H20N6O5S2/c1-2-26-13(25)16-11-18-19-14(28-11)27-8-9(22)20-21-10(23)15(17-12(21)24)6-4-3-5-7-15/h2-8H2,1H3,(H,17,24)(H,20,22)(H,16,18,25). The number of urea groups is 1. The van der Waals surface area contributed by atoms with Gasteiger partial charge in [0.25, 0.3) is 5.91 Å². The number of nitrogens with zero attached hydrogens (tertiary/aromatic N) is 3. The largest absolute Gasteiger partial charge is 0.450 e. The minimum absolute atomic E-state index is 0.0713. The second-order valence-corrected chi connectivity index (χ2v) is 8.46. The van der Waals surface area contributed by atoms with Gasteiger partial charge >= 0.3 is 12.1 Å². The van der Waals surface area contributed by atoms with Crippen molar-refractivity contribution in [3.8, 4) is 0 Å². The molecule has 1 aliphatic carbocycles. The predicted molar refractivity (Wildman–Crippen MR) is 101 cm³/mol. The van der Waals surface area contributed by atoms with Crippen molar-refractivity contribution in [2.24, 2.45) is 0 Å². The van der Waals surface area contributed by atoms with Crippen LogP contribution in [-0.2, 0) is 14.3 Å². The summed E-state index contributed by atoms with van der Waals surface area (Å²) in [7, 11) is 0. The number of amides is 5. The highest BCUT2D eigenvalue weighted by Crippen LogP contribution is 2.33. The van der Waals surface area contributed by atoms with E-state index in [0.717, 1.165) is 47.4 Å². The van der Waals surface area contributed by atoms with Crippen molar-refractivity contribution in [2.45, 2.75) is 48.9 Å². The first-order valence-corrected chi connectivity index (χ1v) is 10.6. The van der Waals surface area contributed by atoms with Crippen molar-refractivity contribution in [3.63, 3.8) is 0 Å². The van der Waals surface area contributed by atoms with E-state index in [2.05, 4.69) is 26.3 Å². The van der Waals surface area contributed by atoms with Gasteiger partial charge in [-0.2, -0.15) is 5.01 Å². The first-order chi connectivity index (χ1) is 13.4. The SMILES string of the molecule is CCOC(=O)Nc1nnc(SCC(=O)NN2C(=O)NC3(CCCCC3)C2=O)s1. The number of rotatable bonds is 6. The van der Waals surface area contributed by atoms with Crippen LogP contribution in [0.4, 0.5) is 14.7 Å². The topological polar surface area (TPSA) is 143 Å². The molecule has 1 saturated carbocycles. The van der Waals surface area contributed by atoms with E-state index >= 15 is 0 Å². The molecule has 152 valence electrons. The minimum Gasteiger partial charge on any atom is -0.450 e. The molecule has 28 heavy (non-hydrogen) atoms. The average molecular weight is 428 g/mol. The van der Waals surface area contributed by atoms with Gasteiger partial charge in [-0.05, 0) is 19.8 Å². The third-order valence-electron chi connectivity index (χ3n) is 4.32. The summed E-state index contributed by atoms with van der Waals surface area (Å²) in [5.74, 6) is -0.998. The first-order valence-electron chi connectivity index (χ1n) is 8.80. The summed E-state index contributed by atoms with van der Waals surface area (Å²) in [4.78, 5) is 48.2. The number of nitrogens with one attached hydrogen (secondary N) is 3. The fourth-order valence-electron chi connectivity index (χ4n) is 3.07. The lowest BCUT2D eigenvalue weighted by atomic mass is 9.82. The van der Waals surface area contributed by atoms with Crippen molar-refractivity contribution in [2.75, 3.05) is 17.7 Å². The van der Waals surface area contributed by atoms with Gasteiger partial charge in [-0.25, -0.2) is 9.59 Å². The molecule has 3 rings (SSSR count). The summed E-state index contributed by atoms with van der Waals surface area (Å²) in [5, 5.41) is 13.8. The van der Waals surface area contributed by atoms with Gasteiger partial charge in [-0.1, -0.05) is 42.4 Å². The average Bonchev–Trinajstić information content (AvgIpc) is 3.19. The van der Waals surface area contributed by atoms with Crippen LogP contribution in [0.2, 0.25) is 0 Å². The molecule has 1 spiro atoms. The van der Waals surface area contributed by atoms with Crippen LogP contribution < -0.4 is 16.1 Å². The van der Waals surface area contributed by atoms with Crippen molar-refractivity contribution in [3.05, 3.63) is 0 Å². The number of carbonyl (C=O) groups is 4. The molecular weight excluding hydrogens is 408 g/mol. The number of aromatic nitrogens is 2. The second-order valence-electron chi connectivity index (χ2n) is 6.26. The molecule has 2 aliphatic rings. The minimum atomic E-state index is -0.886. The molecule has 0 radical (unpaired) electrons. The molecule has 0 unspecified atom stereocenters. The molecule has 1 aromatic rings. The molecule has 0 atom stereocenters. The smallest absolute Gasteiger partial charge is 0.413 e. The molecule has 13 heteroatoms. The molecule has 2 heterocycles. The van der Waals surface area contributed by atoms with Gasteiger partial charge < -0.3 is 10.1 Å². The molecule has 0 bridgehead atoms. The van der Waals surface area contributed by atoms with Gasteiger partial charge in [0.1, 0.15) is 5.54 Å². The van der Waals surface area contributed by atoms with Gasteiger partial charge in [0, 0.05) is 0 Å². The normalized spacial score (nSPS) is 18.1. The van der Waals surface area contributed by atoms with E-state index in [1.807, 2.05) is 0 Å². The molecular formula is C15H20N6O5S2. The van der Waals surface area contributed by atoms with Gasteiger partial charge in [0.05, 0.1) is 12.4 Å². The van der Waals surface area contributed by atoms with E-state index in [4.69, 9.17) is 4.74 Å². The molecule has 3 N–H and O–H groups in total. The van der Waals surface area contributed by atoms with Gasteiger partial charge in [-0.15, -0.1) is 10.2 Å². The maximum Gasteiger partial charge on any atom is 0.413 e. The number of ether oxygens (including phenoxy) is 1. The number of hydrogen-bond acceptors (Lipinski definition) is 9. The van der Waals surface area contributed by atoms with Gasteiger partial charge in [0.2, 0.25) is 11.0 Å². The van der Waals surface area contributed by atoms with Crippen LogP contribution in [0.15, 0.2) is 4.34 Å². The van der Waals surface area contributed by atoms with Crippen LogP contribution in [0, 0.1) is 0 Å². The second kappa shape index (κ2) is 8.73. The number of anilines is 1. The first kappa shape index (κ1) is 20.3. The molecule has 1 saturated heterocycles. The predicted octanol–water partition coefficient (Wildman–Crippen LogP) is 1.48. The monoisotopic (exact) mass is 428 g/mol. The zero-order valence-electron chi connectivity index (χ0n) is 15.1. The van der Waals surface area contributed by atoms with Crippen LogP contribution in [-0.4, -0.2) is 57.0 Å². The fraction of sp³-hybridized carbons (Fsp3) is 0.600. The van der Waals surface area contributed by atoms with Crippen LogP contribution in [0.5, 0.6) is 0 Å².